The summed E-state index contributed by atoms with van der Waals surface area (Å²) in [6, 6.07) is 0.834. The van der Waals surface area contributed by atoms with E-state index in [-0.39, 0.29) is 18.8 Å². The molecule has 0 aliphatic heterocycles. The van der Waals surface area contributed by atoms with Gasteiger partial charge in [0.1, 0.15) is 23.9 Å². The van der Waals surface area contributed by atoms with E-state index in [9.17, 15) is 28.4 Å². The molecule has 0 unspecified atom stereocenters. The molecule has 1 aromatic rings. The van der Waals surface area contributed by atoms with Gasteiger partial charge in [0.25, 0.3) is 0 Å². The summed E-state index contributed by atoms with van der Waals surface area (Å²) >= 11 is 0. The zero-order valence-corrected chi connectivity index (χ0v) is 19.2. The molecule has 12 heteroatoms. The molecule has 0 radical (unpaired) electrons. The van der Waals surface area contributed by atoms with E-state index in [0.717, 1.165) is 0 Å². The number of halogens is 1. The summed E-state index contributed by atoms with van der Waals surface area (Å²) in [5.41, 5.74) is 6.55. The second kappa shape index (κ2) is 13.2. The fraction of sp³-hybridized carbons (Fsp3) is 0.500. The summed E-state index contributed by atoms with van der Waals surface area (Å²) in [6.07, 6.45) is -0.671. The van der Waals surface area contributed by atoms with Crippen molar-refractivity contribution in [2.75, 3.05) is 0 Å². The van der Waals surface area contributed by atoms with Crippen LogP contribution in [0.1, 0.15) is 39.2 Å². The van der Waals surface area contributed by atoms with Crippen LogP contribution in [0.4, 0.5) is 4.39 Å². The molecule has 0 fully saturated rings. The molecule has 0 aliphatic carbocycles. The molecule has 0 aromatic heterocycles. The molecule has 0 saturated heterocycles. The minimum absolute atomic E-state index is 0.115. The lowest BCUT2D eigenvalue weighted by Gasteiger charge is -2.25. The lowest BCUT2D eigenvalue weighted by molar-refractivity contribution is -0.143. The second-order valence-electron chi connectivity index (χ2n) is 8.23. The predicted molar refractivity (Wildman–Crippen MR) is 119 cm³/mol. The summed E-state index contributed by atoms with van der Waals surface area (Å²) in [7, 11) is 0. The summed E-state index contributed by atoms with van der Waals surface area (Å²) < 4.78 is 13.0. The van der Waals surface area contributed by atoms with Crippen LogP contribution in [0, 0.1) is 11.7 Å². The number of amides is 3. The smallest absolute Gasteiger partial charge is 0.326 e. The molecular weight excluding hydrogens is 451 g/mol. The van der Waals surface area contributed by atoms with Gasteiger partial charge in [0.05, 0.1) is 6.04 Å². The van der Waals surface area contributed by atoms with Crippen LogP contribution in [0.25, 0.3) is 0 Å². The van der Waals surface area contributed by atoms with Crippen molar-refractivity contribution in [3.05, 3.63) is 35.6 Å². The molecule has 1 aromatic carbocycles. The summed E-state index contributed by atoms with van der Waals surface area (Å²) in [4.78, 5) is 59.5. The standard InChI is InChI=1S/C22H31FN4O7/c1-11(2)18(27-20(31)15(24)10-13-4-6-14(23)7-5-13)21(32)25-12(3)19(30)26-16(22(33)34)8-9-17(28)29/h4-7,11-12,15-16,18H,8-10,24H2,1-3H3,(H,25,32)(H,26,30)(H,27,31)(H,28,29)(H,33,34)/t12-,15-,16-,18-/m0/s1. The summed E-state index contributed by atoms with van der Waals surface area (Å²) in [5.74, 6) is -5.54. The molecule has 0 heterocycles. The number of carbonyl (C=O) groups is 5. The van der Waals surface area contributed by atoms with Gasteiger partial charge in [-0.1, -0.05) is 26.0 Å². The Morgan fingerprint density at radius 2 is 1.50 bits per heavy atom. The number of rotatable bonds is 13. The highest BCUT2D eigenvalue weighted by molar-refractivity contribution is 5.94. The molecule has 0 spiro atoms. The molecule has 3 amide bonds. The first-order chi connectivity index (χ1) is 15.8. The van der Waals surface area contributed by atoms with Gasteiger partial charge in [-0.15, -0.1) is 0 Å². The second-order valence-corrected chi connectivity index (χ2v) is 8.23. The van der Waals surface area contributed by atoms with E-state index in [1.165, 1.54) is 31.2 Å². The van der Waals surface area contributed by atoms with Crippen molar-refractivity contribution >= 4 is 29.7 Å². The third kappa shape index (κ3) is 9.53. The molecule has 1 rings (SSSR count). The molecule has 34 heavy (non-hydrogen) atoms. The van der Waals surface area contributed by atoms with Crippen LogP contribution in [-0.2, 0) is 30.4 Å². The minimum atomic E-state index is -1.44. The molecule has 4 atom stereocenters. The highest BCUT2D eigenvalue weighted by Gasteiger charge is 2.30. The minimum Gasteiger partial charge on any atom is -0.481 e. The first kappa shape index (κ1) is 28.5. The van der Waals surface area contributed by atoms with Crippen molar-refractivity contribution in [1.82, 2.24) is 16.0 Å². The Labute approximate surface area is 196 Å². The van der Waals surface area contributed by atoms with Crippen LogP contribution in [0.3, 0.4) is 0 Å². The summed E-state index contributed by atoms with van der Waals surface area (Å²) in [5, 5.41) is 25.0. The number of carbonyl (C=O) groups excluding carboxylic acids is 3. The van der Waals surface area contributed by atoms with Crippen molar-refractivity contribution in [3.8, 4) is 0 Å². The van der Waals surface area contributed by atoms with Crippen molar-refractivity contribution in [3.63, 3.8) is 0 Å². The number of aliphatic carboxylic acids is 2. The van der Waals surface area contributed by atoms with Crippen LogP contribution in [-0.4, -0.2) is 64.0 Å². The Kier molecular flexibility index (Phi) is 11.1. The predicted octanol–water partition coefficient (Wildman–Crippen LogP) is -0.225. The topological polar surface area (TPSA) is 188 Å². The Morgan fingerprint density at radius 1 is 0.912 bits per heavy atom. The molecule has 188 valence electrons. The van der Waals surface area contributed by atoms with Crippen LogP contribution >= 0.6 is 0 Å². The van der Waals surface area contributed by atoms with E-state index in [0.29, 0.717) is 5.56 Å². The largest absolute Gasteiger partial charge is 0.481 e. The maximum absolute atomic E-state index is 13.0. The number of carboxylic acid groups (broad SMARTS) is 2. The first-order valence-corrected chi connectivity index (χ1v) is 10.7. The number of carboxylic acids is 2. The van der Waals surface area contributed by atoms with Gasteiger partial charge in [-0.2, -0.15) is 0 Å². The number of hydrogen-bond acceptors (Lipinski definition) is 6. The van der Waals surface area contributed by atoms with Crippen molar-refractivity contribution < 1.29 is 38.6 Å². The zero-order chi connectivity index (χ0) is 26.0. The normalized spacial score (nSPS) is 14.4. The van der Waals surface area contributed by atoms with Gasteiger partial charge in [-0.3, -0.25) is 19.2 Å². The maximum Gasteiger partial charge on any atom is 0.326 e. The average molecular weight is 483 g/mol. The molecule has 0 bridgehead atoms. The third-order valence-corrected chi connectivity index (χ3v) is 4.97. The van der Waals surface area contributed by atoms with E-state index in [1.807, 2.05) is 0 Å². The fourth-order valence-corrected chi connectivity index (χ4v) is 2.95. The number of hydrogen-bond donors (Lipinski definition) is 6. The van der Waals surface area contributed by atoms with Crippen molar-refractivity contribution in [1.29, 1.82) is 0 Å². The third-order valence-electron chi connectivity index (χ3n) is 4.97. The zero-order valence-electron chi connectivity index (χ0n) is 19.2. The fourth-order valence-electron chi connectivity index (χ4n) is 2.95. The van der Waals surface area contributed by atoms with Gasteiger partial charge in [0.15, 0.2) is 0 Å². The number of nitrogens with two attached hydrogens (primary N) is 1. The Morgan fingerprint density at radius 3 is 2.00 bits per heavy atom. The van der Waals surface area contributed by atoms with Crippen molar-refractivity contribution in [2.45, 2.75) is 64.2 Å². The number of nitrogens with one attached hydrogen (secondary N) is 3. The van der Waals surface area contributed by atoms with E-state index in [1.54, 1.807) is 13.8 Å². The first-order valence-electron chi connectivity index (χ1n) is 10.7. The lowest BCUT2D eigenvalue weighted by Crippen LogP contribution is -2.57. The SMILES string of the molecule is CC(C)[C@H](NC(=O)[C@@H](N)Cc1ccc(F)cc1)C(=O)N[C@@H](C)C(=O)N[C@@H](CCC(=O)O)C(=O)O. The molecular formula is C22H31FN4O7. The van der Waals surface area contributed by atoms with E-state index < -0.39 is 66.1 Å². The van der Waals surface area contributed by atoms with Crippen LogP contribution in [0.2, 0.25) is 0 Å². The van der Waals surface area contributed by atoms with E-state index in [4.69, 9.17) is 15.9 Å². The Hall–Kier alpha value is -3.54. The Balaban J connectivity index is 2.72. The average Bonchev–Trinajstić information content (AvgIpc) is 2.75. The monoisotopic (exact) mass is 482 g/mol. The molecule has 11 nitrogen and oxygen atoms in total. The van der Waals surface area contributed by atoms with Crippen LogP contribution in [0.15, 0.2) is 24.3 Å². The van der Waals surface area contributed by atoms with Gasteiger partial charge in [-0.05, 0) is 43.4 Å². The van der Waals surface area contributed by atoms with Crippen molar-refractivity contribution in [2.24, 2.45) is 11.7 Å². The Bertz CT molecular complexity index is 892. The van der Waals surface area contributed by atoms with E-state index >= 15 is 0 Å². The van der Waals surface area contributed by atoms with E-state index in [2.05, 4.69) is 16.0 Å². The quantitative estimate of drug-likeness (QED) is 0.222. The molecule has 7 N–H and O–H groups in total. The van der Waals surface area contributed by atoms with Gasteiger partial charge in [-0.25, -0.2) is 9.18 Å². The van der Waals surface area contributed by atoms with Crippen LogP contribution < -0.4 is 21.7 Å². The molecule has 0 aliphatic rings. The van der Waals surface area contributed by atoms with Gasteiger partial charge in [0, 0.05) is 6.42 Å². The van der Waals surface area contributed by atoms with Gasteiger partial charge < -0.3 is 31.9 Å². The maximum atomic E-state index is 13.0. The van der Waals surface area contributed by atoms with Crippen LogP contribution in [0.5, 0.6) is 0 Å². The molecule has 0 saturated carbocycles. The summed E-state index contributed by atoms with van der Waals surface area (Å²) in [6.45, 7) is 4.67. The van der Waals surface area contributed by atoms with Gasteiger partial charge >= 0.3 is 11.9 Å². The highest BCUT2D eigenvalue weighted by atomic mass is 19.1. The highest BCUT2D eigenvalue weighted by Crippen LogP contribution is 2.07. The number of benzene rings is 1. The lowest BCUT2D eigenvalue weighted by atomic mass is 10.0. The van der Waals surface area contributed by atoms with Gasteiger partial charge in [0.2, 0.25) is 17.7 Å².